The lowest BCUT2D eigenvalue weighted by atomic mass is 10.1. The van der Waals surface area contributed by atoms with Crippen LogP contribution in [-0.4, -0.2) is 19.2 Å². The summed E-state index contributed by atoms with van der Waals surface area (Å²) in [7, 11) is 1.30. The fourth-order valence-electron chi connectivity index (χ4n) is 2.64. The third-order valence-corrected chi connectivity index (χ3v) is 4.14. The number of anilines is 2. The van der Waals surface area contributed by atoms with Gasteiger partial charge in [0.25, 0.3) is 0 Å². The molecule has 0 radical (unpaired) electrons. The van der Waals surface area contributed by atoms with Gasteiger partial charge in [-0.1, -0.05) is 18.2 Å². The van der Waals surface area contributed by atoms with E-state index in [0.29, 0.717) is 22.7 Å². The second kappa shape index (κ2) is 8.88. The topological polar surface area (TPSA) is 81.9 Å². The average Bonchev–Trinajstić information content (AvgIpc) is 2.73. The molecule has 0 bridgehead atoms. The van der Waals surface area contributed by atoms with E-state index in [9.17, 15) is 14.0 Å². The number of esters is 1. The fraction of sp³-hybridized carbons (Fsp3) is 0.0909. The molecule has 0 aromatic heterocycles. The van der Waals surface area contributed by atoms with E-state index in [4.69, 9.17) is 10.5 Å². The molecule has 0 spiro atoms. The summed E-state index contributed by atoms with van der Waals surface area (Å²) in [4.78, 5) is 25.7. The minimum absolute atomic E-state index is 0.110. The van der Waals surface area contributed by atoms with E-state index < -0.39 is 17.9 Å². The number of benzene rings is 3. The molecule has 6 nitrogen and oxygen atoms in total. The van der Waals surface area contributed by atoms with Crippen molar-refractivity contribution in [1.29, 1.82) is 0 Å². The molecule has 0 aliphatic carbocycles. The van der Waals surface area contributed by atoms with Gasteiger partial charge in [-0.05, 0) is 60.2 Å². The summed E-state index contributed by atoms with van der Waals surface area (Å²) in [5.41, 5.74) is 7.63. The number of nitrogens with zero attached hydrogens (tertiary/aromatic N) is 1. The Kier molecular flexibility index (Phi) is 6.09. The quantitative estimate of drug-likeness (QED) is 0.512. The van der Waals surface area contributed by atoms with Crippen molar-refractivity contribution in [3.63, 3.8) is 0 Å². The first-order valence-electron chi connectivity index (χ1n) is 8.74. The molecule has 29 heavy (non-hydrogen) atoms. The van der Waals surface area contributed by atoms with Gasteiger partial charge in [0.1, 0.15) is 11.6 Å². The molecule has 0 saturated heterocycles. The van der Waals surface area contributed by atoms with Crippen LogP contribution in [0.3, 0.4) is 0 Å². The zero-order chi connectivity index (χ0) is 20.8. The summed E-state index contributed by atoms with van der Waals surface area (Å²) in [6.45, 7) is 0.110. The van der Waals surface area contributed by atoms with Crippen LogP contribution in [0.25, 0.3) is 0 Å². The fourth-order valence-corrected chi connectivity index (χ4v) is 2.64. The van der Waals surface area contributed by atoms with E-state index in [2.05, 4.69) is 4.74 Å². The van der Waals surface area contributed by atoms with Gasteiger partial charge in [-0.25, -0.2) is 14.0 Å². The van der Waals surface area contributed by atoms with Gasteiger partial charge in [0.15, 0.2) is 0 Å². The molecule has 0 atom stereocenters. The number of hydrogen-bond donors (Lipinski definition) is 1. The van der Waals surface area contributed by atoms with E-state index in [1.54, 1.807) is 54.6 Å². The Morgan fingerprint density at radius 1 is 1.00 bits per heavy atom. The lowest BCUT2D eigenvalue weighted by molar-refractivity contribution is 0.0600. The first kappa shape index (κ1) is 19.9. The van der Waals surface area contributed by atoms with Crippen LogP contribution < -0.4 is 15.4 Å². The zero-order valence-corrected chi connectivity index (χ0v) is 15.7. The lowest BCUT2D eigenvalue weighted by Crippen LogP contribution is -2.33. The number of nitrogens with two attached hydrogens (primary N) is 1. The van der Waals surface area contributed by atoms with Crippen molar-refractivity contribution in [3.05, 3.63) is 89.7 Å². The first-order chi connectivity index (χ1) is 14.0. The third kappa shape index (κ3) is 5.10. The molecule has 3 aromatic rings. The monoisotopic (exact) mass is 394 g/mol. The molecule has 148 valence electrons. The van der Waals surface area contributed by atoms with Gasteiger partial charge in [-0.3, -0.25) is 4.90 Å². The highest BCUT2D eigenvalue weighted by atomic mass is 19.1. The van der Waals surface area contributed by atoms with Gasteiger partial charge in [-0.2, -0.15) is 0 Å². The summed E-state index contributed by atoms with van der Waals surface area (Å²) < 4.78 is 23.8. The van der Waals surface area contributed by atoms with Gasteiger partial charge in [0, 0.05) is 5.69 Å². The average molecular weight is 394 g/mol. The number of hydrogen-bond acceptors (Lipinski definition) is 5. The van der Waals surface area contributed by atoms with Crippen molar-refractivity contribution < 1.29 is 23.5 Å². The Morgan fingerprint density at radius 3 is 2.31 bits per heavy atom. The minimum atomic E-state index is -0.683. The first-order valence-corrected chi connectivity index (χ1v) is 8.74. The number of carbonyl (C=O) groups excluding carboxylic acids is 2. The largest absolute Gasteiger partial charge is 0.465 e. The number of ether oxygens (including phenoxy) is 2. The van der Waals surface area contributed by atoms with E-state index in [1.807, 2.05) is 0 Å². The molecule has 0 aliphatic heterocycles. The molecular weight excluding hydrogens is 375 g/mol. The molecule has 2 N–H and O–H groups in total. The van der Waals surface area contributed by atoms with Crippen LogP contribution in [0.5, 0.6) is 5.75 Å². The van der Waals surface area contributed by atoms with Crippen LogP contribution >= 0.6 is 0 Å². The van der Waals surface area contributed by atoms with Crippen molar-refractivity contribution in [2.45, 2.75) is 6.54 Å². The predicted molar refractivity (Wildman–Crippen MR) is 107 cm³/mol. The highest BCUT2D eigenvalue weighted by Crippen LogP contribution is 2.22. The number of halogens is 1. The molecule has 0 fully saturated rings. The minimum Gasteiger partial charge on any atom is -0.465 e. The highest BCUT2D eigenvalue weighted by molar-refractivity contribution is 5.90. The van der Waals surface area contributed by atoms with Crippen LogP contribution in [-0.2, 0) is 11.3 Å². The van der Waals surface area contributed by atoms with E-state index >= 15 is 0 Å². The summed E-state index contributed by atoms with van der Waals surface area (Å²) in [5.74, 6) is -0.623. The maximum absolute atomic E-state index is 13.7. The Morgan fingerprint density at radius 2 is 1.69 bits per heavy atom. The molecule has 1 amide bonds. The van der Waals surface area contributed by atoms with Gasteiger partial charge in [-0.15, -0.1) is 0 Å². The van der Waals surface area contributed by atoms with E-state index in [0.717, 1.165) is 5.56 Å². The van der Waals surface area contributed by atoms with Gasteiger partial charge in [0.05, 0.1) is 24.9 Å². The molecule has 0 aliphatic rings. The van der Waals surface area contributed by atoms with Crippen LogP contribution in [0.4, 0.5) is 20.6 Å². The number of nitrogen functional groups attached to an aromatic ring is 1. The third-order valence-electron chi connectivity index (χ3n) is 4.14. The SMILES string of the molecule is COC(=O)c1ccc(CN(C(=O)Oc2ccc(N)cc2)c2cccc(F)c2)cc1. The maximum Gasteiger partial charge on any atom is 0.420 e. The molecular formula is C22H19FN2O4. The van der Waals surface area contributed by atoms with E-state index in [-0.39, 0.29) is 6.54 Å². The second-order valence-corrected chi connectivity index (χ2v) is 6.19. The number of amides is 1. The van der Waals surface area contributed by atoms with Crippen molar-refractivity contribution in [1.82, 2.24) is 0 Å². The smallest absolute Gasteiger partial charge is 0.420 e. The van der Waals surface area contributed by atoms with Crippen LogP contribution in [0.15, 0.2) is 72.8 Å². The summed E-state index contributed by atoms with van der Waals surface area (Å²) in [6.07, 6.45) is -0.683. The standard InChI is InChI=1S/C22H19FN2O4/c1-28-21(26)16-7-5-15(6-8-16)14-25(19-4-2-3-17(23)13-19)22(27)29-20-11-9-18(24)10-12-20/h2-13H,14,24H2,1H3. The Labute approximate surface area is 167 Å². The van der Waals surface area contributed by atoms with Gasteiger partial charge >= 0.3 is 12.1 Å². The predicted octanol–water partition coefficient (Wildman–Crippen LogP) is 4.40. The number of rotatable bonds is 5. The van der Waals surface area contributed by atoms with Gasteiger partial charge < -0.3 is 15.2 Å². The summed E-state index contributed by atoms with van der Waals surface area (Å²) >= 11 is 0. The number of methoxy groups -OCH3 is 1. The maximum atomic E-state index is 13.7. The lowest BCUT2D eigenvalue weighted by Gasteiger charge is -2.22. The molecule has 3 aromatic carbocycles. The molecule has 7 heteroatoms. The van der Waals surface area contributed by atoms with Gasteiger partial charge in [0.2, 0.25) is 0 Å². The Bertz CT molecular complexity index is 1000. The van der Waals surface area contributed by atoms with Crippen molar-refractivity contribution in [2.75, 3.05) is 17.7 Å². The van der Waals surface area contributed by atoms with Crippen LogP contribution in [0.2, 0.25) is 0 Å². The van der Waals surface area contributed by atoms with Crippen LogP contribution in [0, 0.1) is 5.82 Å². The summed E-state index contributed by atoms with van der Waals surface area (Å²) in [5, 5.41) is 0. The molecule has 0 unspecified atom stereocenters. The second-order valence-electron chi connectivity index (χ2n) is 6.19. The molecule has 3 rings (SSSR count). The molecule has 0 heterocycles. The number of carbonyl (C=O) groups is 2. The highest BCUT2D eigenvalue weighted by Gasteiger charge is 2.19. The van der Waals surface area contributed by atoms with E-state index in [1.165, 1.54) is 30.2 Å². The van der Waals surface area contributed by atoms with Crippen LogP contribution in [0.1, 0.15) is 15.9 Å². The Hall–Kier alpha value is -3.87. The van der Waals surface area contributed by atoms with Crippen molar-refractivity contribution in [2.24, 2.45) is 0 Å². The van der Waals surface area contributed by atoms with Crippen molar-refractivity contribution >= 4 is 23.4 Å². The normalized spacial score (nSPS) is 10.3. The van der Waals surface area contributed by atoms with Crippen molar-refractivity contribution in [3.8, 4) is 5.75 Å². The molecule has 0 saturated carbocycles. The summed E-state index contributed by atoms with van der Waals surface area (Å²) in [6, 6.07) is 18.6. The zero-order valence-electron chi connectivity index (χ0n) is 15.7. The Balaban J connectivity index is 1.85.